The first kappa shape index (κ1) is 35.9. The molecule has 0 nitrogen and oxygen atoms in total. The molecule has 2 aliphatic carbocycles. The molecule has 6 rings (SSSR count). The smallest absolute Gasteiger partial charge is 0.147 e. The molecule has 0 heterocycles. The van der Waals surface area contributed by atoms with Crippen LogP contribution >= 0.6 is 24.8 Å². The van der Waals surface area contributed by atoms with Crippen LogP contribution in [0.2, 0.25) is 9.26 Å². The summed E-state index contributed by atoms with van der Waals surface area (Å²) in [5.74, 6) is 0. The van der Waals surface area contributed by atoms with Gasteiger partial charge in [0.15, 0.2) is 0 Å². The second-order valence-electron chi connectivity index (χ2n) is 14.3. The normalized spacial score (nSPS) is 17.0. The molecule has 2 atom stereocenters. The van der Waals surface area contributed by atoms with Crippen LogP contribution in [-0.2, 0) is 30.2 Å². The largest absolute Gasteiger partial charge is 0.147 e. The molecule has 0 spiro atoms. The van der Waals surface area contributed by atoms with E-state index in [0.29, 0.717) is 7.25 Å². The van der Waals surface area contributed by atoms with Crippen molar-refractivity contribution in [1.29, 1.82) is 0 Å². The number of halogens is 2. The summed E-state index contributed by atoms with van der Waals surface area (Å²) in [6.45, 7) is 11.8. The Labute approximate surface area is 287 Å². The van der Waals surface area contributed by atoms with Crippen molar-refractivity contribution in [2.24, 2.45) is 0 Å². The van der Waals surface area contributed by atoms with E-state index in [4.69, 9.17) is 0 Å². The van der Waals surface area contributed by atoms with Gasteiger partial charge in [-0.25, -0.2) is 0 Å². The monoisotopic (exact) mass is 730 g/mol. The molecule has 0 aromatic heterocycles. The molecule has 0 fully saturated rings. The summed E-state index contributed by atoms with van der Waals surface area (Å²) in [5, 5.41) is 0. The quantitative estimate of drug-likeness (QED) is 0.150. The van der Waals surface area contributed by atoms with Gasteiger partial charge < -0.3 is 0 Å². The van der Waals surface area contributed by atoms with Gasteiger partial charge in [-0.1, -0.05) is 0 Å². The summed E-state index contributed by atoms with van der Waals surface area (Å²) in [5.41, 5.74) is 17.7. The number of hydrogen-bond acceptors (Lipinski definition) is 0. The van der Waals surface area contributed by atoms with E-state index < -0.39 is 17.4 Å². The molecule has 0 saturated carbocycles. The second-order valence-corrected chi connectivity index (χ2v) is 44.7. The van der Waals surface area contributed by atoms with Gasteiger partial charge in [-0.05, 0) is 0 Å². The number of benzene rings is 4. The Morgan fingerprint density at radius 3 is 1.49 bits per heavy atom. The summed E-state index contributed by atoms with van der Waals surface area (Å²) in [6, 6.07) is 33.0. The zero-order valence-corrected chi connectivity index (χ0v) is 33.5. The van der Waals surface area contributed by atoms with Crippen LogP contribution < -0.4 is 0 Å². The zero-order valence-electron chi connectivity index (χ0n) is 28.0. The first-order chi connectivity index (χ1) is 20.6. The Morgan fingerprint density at radius 2 is 1.04 bits per heavy atom. The van der Waals surface area contributed by atoms with Crippen molar-refractivity contribution in [3.63, 3.8) is 0 Å². The number of aryl methyl sites for hydroxylation is 2. The van der Waals surface area contributed by atoms with Gasteiger partial charge in [0.2, 0.25) is 0 Å². The van der Waals surface area contributed by atoms with Crippen molar-refractivity contribution in [3.05, 3.63) is 129 Å². The molecular weight excluding hydrogens is 683 g/mol. The molecule has 4 aromatic carbocycles. The van der Waals surface area contributed by atoms with Crippen LogP contribution in [0.15, 0.2) is 96.1 Å². The van der Waals surface area contributed by atoms with Gasteiger partial charge >= 0.3 is 264 Å². The predicted molar refractivity (Wildman–Crippen MR) is 204 cm³/mol. The first-order valence-electron chi connectivity index (χ1n) is 16.6. The van der Waals surface area contributed by atoms with E-state index in [0.717, 1.165) is 19.3 Å². The first-order valence-corrected chi connectivity index (χ1v) is 30.2. The van der Waals surface area contributed by atoms with E-state index in [1.807, 2.05) is 0 Å². The van der Waals surface area contributed by atoms with Gasteiger partial charge in [0.05, 0.1) is 0 Å². The average Bonchev–Trinajstić information content (AvgIpc) is 3.57. The number of fused-ring (bicyclic) bond motifs is 2. The summed E-state index contributed by atoms with van der Waals surface area (Å²) >= 11 is -3.57. The third-order valence-electron chi connectivity index (χ3n) is 10.3. The fraction of sp³-hybridized carbons (Fsp3) is 0.317. The molecule has 0 N–H and O–H groups in total. The molecule has 2 aliphatic rings. The van der Waals surface area contributed by atoms with Crippen LogP contribution in [0, 0.1) is 0 Å². The number of rotatable bonds is 9. The maximum atomic E-state index is 2.76. The minimum Gasteiger partial charge on any atom is -0.147 e. The van der Waals surface area contributed by atoms with Crippen LogP contribution in [0.25, 0.3) is 34.4 Å². The molecule has 4 heteroatoms. The SMILES string of the molecule is CCCc1ccc(-c2cccc3c2C=C(C)[CH]3[Zr]([CH3])([CH3])(=[SiH2])[CH]2C(CC)=Cc3c(-c4ccc(CCC)cc4)cccc32)cc1.Cl.Cl. The summed E-state index contributed by atoms with van der Waals surface area (Å²) in [4.78, 5) is 0. The van der Waals surface area contributed by atoms with Gasteiger partial charge in [0, 0.05) is 0 Å². The van der Waals surface area contributed by atoms with E-state index in [2.05, 4.69) is 141 Å². The maximum absolute atomic E-state index is 3.57. The summed E-state index contributed by atoms with van der Waals surface area (Å²) in [7, 11) is 0. The standard InChI is InChI=1S/C20H21.C19H19.2CH3.2ClH.H2Si.Zr/c1-3-6-16-9-11-17(12-10-16)19-8-5-7-18-13-15(4-2)14-20(18)19;1-3-5-15-8-10-16(11-9-15)18-7-4-6-17-12-14(2)13-19(17)18;;;;;;/h5,7-14H,3-4,6H2,1-2H3;4,6-13H,3,5H2,1-2H3;2*1H3;2*1H;1H2;. The van der Waals surface area contributed by atoms with E-state index in [1.165, 1.54) is 57.3 Å². The molecule has 236 valence electrons. The minimum atomic E-state index is -3.57. The Morgan fingerprint density at radius 1 is 0.600 bits per heavy atom. The van der Waals surface area contributed by atoms with Crippen molar-refractivity contribution < 1.29 is 17.4 Å². The van der Waals surface area contributed by atoms with Crippen LogP contribution in [-0.4, -0.2) is 6.88 Å². The zero-order chi connectivity index (χ0) is 30.4. The Hall–Kier alpha value is -1.96. The predicted octanol–water partition coefficient (Wildman–Crippen LogP) is 12.1. The van der Waals surface area contributed by atoms with E-state index in [9.17, 15) is 0 Å². The van der Waals surface area contributed by atoms with E-state index in [1.54, 1.807) is 22.3 Å². The molecule has 0 aliphatic heterocycles. The van der Waals surface area contributed by atoms with Gasteiger partial charge in [-0.3, -0.25) is 0 Å². The fourth-order valence-electron chi connectivity index (χ4n) is 8.65. The Balaban J connectivity index is 0.00000230. The van der Waals surface area contributed by atoms with Gasteiger partial charge in [0.25, 0.3) is 0 Å². The summed E-state index contributed by atoms with van der Waals surface area (Å²) in [6.07, 6.45) is 10.9. The van der Waals surface area contributed by atoms with Crippen LogP contribution in [0.5, 0.6) is 0 Å². The Bertz CT molecular complexity index is 1810. The van der Waals surface area contributed by atoms with Gasteiger partial charge in [-0.2, -0.15) is 0 Å². The van der Waals surface area contributed by atoms with Gasteiger partial charge in [-0.15, -0.1) is 24.8 Å². The molecule has 4 aromatic rings. The van der Waals surface area contributed by atoms with Gasteiger partial charge in [0.1, 0.15) is 0 Å². The van der Waals surface area contributed by atoms with Crippen LogP contribution in [0.4, 0.5) is 0 Å². The third-order valence-corrected chi connectivity index (χ3v) is 28.1. The Kier molecular flexibility index (Phi) is 11.2. The van der Waals surface area contributed by atoms with E-state index >= 15 is 0 Å². The minimum absolute atomic E-state index is 0. The van der Waals surface area contributed by atoms with Crippen molar-refractivity contribution in [2.75, 3.05) is 0 Å². The van der Waals surface area contributed by atoms with E-state index in [-0.39, 0.29) is 24.8 Å². The molecular formula is C41H50Cl2SiZr. The molecule has 0 saturated heterocycles. The van der Waals surface area contributed by atoms with Crippen molar-refractivity contribution in [3.8, 4) is 22.3 Å². The molecule has 45 heavy (non-hydrogen) atoms. The number of allylic oxidation sites excluding steroid dienone is 2. The van der Waals surface area contributed by atoms with Crippen LogP contribution in [0.3, 0.4) is 0 Å². The second kappa shape index (κ2) is 14.0. The molecule has 0 radical (unpaired) electrons. The topological polar surface area (TPSA) is 0 Å². The summed E-state index contributed by atoms with van der Waals surface area (Å²) < 4.78 is 6.62. The molecule has 0 amide bonds. The molecule has 0 bridgehead atoms. The van der Waals surface area contributed by atoms with Crippen molar-refractivity contribution >= 4 is 43.8 Å². The molecule has 2 unspecified atom stereocenters. The maximum Gasteiger partial charge on any atom is -0.147 e. The number of hydrogen-bond donors (Lipinski definition) is 0. The fourth-order valence-corrected chi connectivity index (χ4v) is 29.4. The average molecular weight is 733 g/mol. The van der Waals surface area contributed by atoms with Crippen LogP contribution in [0.1, 0.15) is 87.6 Å². The third kappa shape index (κ3) is 6.47. The van der Waals surface area contributed by atoms with Crippen molar-refractivity contribution in [1.82, 2.24) is 0 Å². The van der Waals surface area contributed by atoms with Crippen molar-refractivity contribution in [2.45, 2.75) is 76.3 Å².